The van der Waals surface area contributed by atoms with Gasteiger partial charge in [-0.1, -0.05) is 37.7 Å². The van der Waals surface area contributed by atoms with E-state index in [0.29, 0.717) is 22.2 Å². The van der Waals surface area contributed by atoms with Gasteiger partial charge in [0.15, 0.2) is 0 Å². The molecule has 0 aliphatic heterocycles. The van der Waals surface area contributed by atoms with Crippen LogP contribution >= 0.6 is 11.8 Å². The average molecular weight is 527 g/mol. The number of amides is 2. The highest BCUT2D eigenvalue weighted by Crippen LogP contribution is 2.23. The lowest BCUT2D eigenvalue weighted by Crippen LogP contribution is -2.32. The summed E-state index contributed by atoms with van der Waals surface area (Å²) in [6.07, 6.45) is 0. The number of nitro benzene ring substituents is 1. The first kappa shape index (κ1) is 27.3. The molecule has 0 aliphatic carbocycles. The fourth-order valence-electron chi connectivity index (χ4n) is 3.26. The van der Waals surface area contributed by atoms with Gasteiger partial charge < -0.3 is 15.4 Å². The Hall–Kier alpha value is -4.26. The smallest absolute Gasteiger partial charge is 0.338 e. The number of esters is 1. The Kier molecular flexibility index (Phi) is 9.33. The van der Waals surface area contributed by atoms with Crippen molar-refractivity contribution in [2.24, 2.45) is 5.92 Å². The maximum Gasteiger partial charge on any atom is 0.338 e. The molecule has 0 saturated carbocycles. The molecule has 0 aliphatic rings. The molecule has 0 radical (unpaired) electrons. The zero-order valence-corrected chi connectivity index (χ0v) is 21.2. The summed E-state index contributed by atoms with van der Waals surface area (Å²) in [6.45, 7) is 5.72. The van der Waals surface area contributed by atoms with Crippen LogP contribution in [0.15, 0.2) is 53.7 Å². The Morgan fingerprint density at radius 1 is 1.14 bits per heavy atom. The van der Waals surface area contributed by atoms with E-state index >= 15 is 0 Å². The number of nitrogens with one attached hydrogen (secondary N) is 3. The van der Waals surface area contributed by atoms with Crippen molar-refractivity contribution in [3.05, 3.63) is 75.6 Å². The Morgan fingerprint density at radius 3 is 2.57 bits per heavy atom. The Bertz CT molecular complexity index is 1290. The molecular weight excluding hydrogens is 500 g/mol. The van der Waals surface area contributed by atoms with Crippen molar-refractivity contribution in [2.45, 2.75) is 32.0 Å². The number of thioether (sulfide) groups is 1. The van der Waals surface area contributed by atoms with Crippen LogP contribution in [-0.4, -0.2) is 50.2 Å². The first-order valence-electron chi connectivity index (χ1n) is 11.3. The molecule has 12 nitrogen and oxygen atoms in total. The van der Waals surface area contributed by atoms with Crippen molar-refractivity contribution in [3.8, 4) is 0 Å². The molecule has 1 aromatic heterocycles. The number of carbonyl (C=O) groups is 3. The Morgan fingerprint density at radius 2 is 1.86 bits per heavy atom. The normalized spacial score (nSPS) is 11.6. The number of ether oxygens (including phenoxy) is 1. The number of nitrogens with zero attached hydrogens (tertiary/aromatic N) is 3. The summed E-state index contributed by atoms with van der Waals surface area (Å²) in [7, 11) is 0. The van der Waals surface area contributed by atoms with Crippen molar-refractivity contribution in [1.29, 1.82) is 0 Å². The molecule has 2 amide bonds. The summed E-state index contributed by atoms with van der Waals surface area (Å²) in [5, 5.41) is 23.8. The maximum atomic E-state index is 12.7. The van der Waals surface area contributed by atoms with Gasteiger partial charge in [0.2, 0.25) is 11.1 Å². The van der Waals surface area contributed by atoms with Crippen LogP contribution < -0.4 is 10.6 Å². The van der Waals surface area contributed by atoms with Gasteiger partial charge in [-0.3, -0.25) is 24.8 Å². The molecule has 0 saturated heterocycles. The van der Waals surface area contributed by atoms with E-state index in [1.807, 2.05) is 13.8 Å². The monoisotopic (exact) mass is 526 g/mol. The highest BCUT2D eigenvalue weighted by atomic mass is 32.2. The summed E-state index contributed by atoms with van der Waals surface area (Å²) >= 11 is 1.09. The highest BCUT2D eigenvalue weighted by molar-refractivity contribution is 7.99. The van der Waals surface area contributed by atoms with Crippen molar-refractivity contribution in [2.75, 3.05) is 17.7 Å². The topological polar surface area (TPSA) is 169 Å². The molecule has 194 valence electrons. The van der Waals surface area contributed by atoms with Gasteiger partial charge in [-0.05, 0) is 37.1 Å². The minimum Gasteiger partial charge on any atom is -0.462 e. The van der Waals surface area contributed by atoms with E-state index in [1.165, 1.54) is 30.3 Å². The number of rotatable bonds is 11. The lowest BCUT2D eigenvalue weighted by atomic mass is 10.0. The van der Waals surface area contributed by atoms with Gasteiger partial charge in [0.25, 0.3) is 11.6 Å². The SMILES string of the molecule is CCOC(=O)c1cccc(NC(=O)CSc2n[nH]c([C@H](NC(=O)c3cccc([N+](=O)[O-])c3)C(C)C)n2)c1. The van der Waals surface area contributed by atoms with Gasteiger partial charge in [-0.25, -0.2) is 9.78 Å². The van der Waals surface area contributed by atoms with E-state index in [0.717, 1.165) is 11.8 Å². The molecule has 3 rings (SSSR count). The quantitative estimate of drug-likeness (QED) is 0.146. The standard InChI is InChI=1S/C24H26N6O6S/c1-4-36-23(33)16-8-5-9-17(11-16)25-19(31)13-37-24-27-21(28-29-24)20(14(2)3)26-22(32)15-7-6-10-18(12-15)30(34)35/h5-12,14,20H,4,13H2,1-3H3,(H,25,31)(H,26,32)(H,27,28,29)/t20-/m1/s1. The largest absolute Gasteiger partial charge is 0.462 e. The fourth-order valence-corrected chi connectivity index (χ4v) is 3.87. The molecule has 1 heterocycles. The summed E-state index contributed by atoms with van der Waals surface area (Å²) < 4.78 is 4.97. The van der Waals surface area contributed by atoms with E-state index in [4.69, 9.17) is 4.74 Å². The maximum absolute atomic E-state index is 12.7. The average Bonchev–Trinajstić information content (AvgIpc) is 3.34. The molecule has 0 spiro atoms. The predicted octanol–water partition coefficient (Wildman–Crippen LogP) is 3.75. The van der Waals surface area contributed by atoms with Gasteiger partial charge in [0.1, 0.15) is 5.82 Å². The molecule has 0 fully saturated rings. The van der Waals surface area contributed by atoms with E-state index < -0.39 is 22.8 Å². The van der Waals surface area contributed by atoms with Gasteiger partial charge >= 0.3 is 5.97 Å². The van der Waals surface area contributed by atoms with Gasteiger partial charge in [0.05, 0.1) is 28.9 Å². The summed E-state index contributed by atoms with van der Waals surface area (Å²) in [5.41, 5.74) is 0.754. The van der Waals surface area contributed by atoms with E-state index in [1.54, 1.807) is 25.1 Å². The second kappa shape index (κ2) is 12.6. The number of benzene rings is 2. The van der Waals surface area contributed by atoms with Crippen LogP contribution in [-0.2, 0) is 9.53 Å². The van der Waals surface area contributed by atoms with Crippen LogP contribution in [0.25, 0.3) is 0 Å². The number of aromatic amines is 1. The van der Waals surface area contributed by atoms with Crippen LogP contribution in [0.1, 0.15) is 53.4 Å². The minimum atomic E-state index is -0.566. The molecule has 0 bridgehead atoms. The molecule has 37 heavy (non-hydrogen) atoms. The zero-order valence-electron chi connectivity index (χ0n) is 20.4. The molecule has 3 N–H and O–H groups in total. The van der Waals surface area contributed by atoms with Crippen LogP contribution in [0, 0.1) is 16.0 Å². The number of hydrogen-bond acceptors (Lipinski definition) is 9. The third-order valence-electron chi connectivity index (χ3n) is 5.04. The van der Waals surface area contributed by atoms with Crippen LogP contribution in [0.4, 0.5) is 11.4 Å². The predicted molar refractivity (Wildman–Crippen MR) is 136 cm³/mol. The van der Waals surface area contributed by atoms with Crippen molar-refractivity contribution in [1.82, 2.24) is 20.5 Å². The molecule has 13 heteroatoms. The van der Waals surface area contributed by atoms with Gasteiger partial charge in [-0.15, -0.1) is 5.10 Å². The number of non-ortho nitro benzene ring substituents is 1. The zero-order chi connectivity index (χ0) is 26.9. The second-order valence-corrected chi connectivity index (χ2v) is 9.09. The third kappa shape index (κ3) is 7.61. The van der Waals surface area contributed by atoms with Crippen molar-refractivity contribution < 1.29 is 24.0 Å². The first-order chi connectivity index (χ1) is 17.7. The number of carbonyl (C=O) groups excluding carboxylic acids is 3. The van der Waals surface area contributed by atoms with Crippen LogP contribution in [0.2, 0.25) is 0 Å². The van der Waals surface area contributed by atoms with Gasteiger partial charge in [-0.2, -0.15) is 0 Å². The van der Waals surface area contributed by atoms with Crippen molar-refractivity contribution >= 4 is 40.9 Å². The molecular formula is C24H26N6O6S. The summed E-state index contributed by atoms with van der Waals surface area (Å²) in [6, 6.07) is 11.3. The Balaban J connectivity index is 1.60. The van der Waals surface area contributed by atoms with Gasteiger partial charge in [0, 0.05) is 23.4 Å². The lowest BCUT2D eigenvalue weighted by molar-refractivity contribution is -0.384. The molecule has 1 atom stereocenters. The number of hydrogen-bond donors (Lipinski definition) is 3. The molecule has 3 aromatic rings. The van der Waals surface area contributed by atoms with Crippen LogP contribution in [0.5, 0.6) is 0 Å². The number of anilines is 1. The summed E-state index contributed by atoms with van der Waals surface area (Å²) in [4.78, 5) is 51.8. The van der Waals surface area contributed by atoms with Crippen LogP contribution in [0.3, 0.4) is 0 Å². The Labute approximate surface area is 216 Å². The van der Waals surface area contributed by atoms with E-state index in [2.05, 4.69) is 25.8 Å². The molecule has 2 aromatic carbocycles. The summed E-state index contributed by atoms with van der Waals surface area (Å²) in [5.74, 6) is -0.970. The van der Waals surface area contributed by atoms with Crippen molar-refractivity contribution in [3.63, 3.8) is 0 Å². The van der Waals surface area contributed by atoms with E-state index in [-0.39, 0.29) is 35.4 Å². The fraction of sp³-hybridized carbons (Fsp3) is 0.292. The number of aromatic nitrogens is 3. The third-order valence-corrected chi connectivity index (χ3v) is 5.89. The number of nitro groups is 1. The first-order valence-corrected chi connectivity index (χ1v) is 12.3. The van der Waals surface area contributed by atoms with E-state index in [9.17, 15) is 24.5 Å². The lowest BCUT2D eigenvalue weighted by Gasteiger charge is -2.19. The number of H-pyrrole nitrogens is 1. The second-order valence-electron chi connectivity index (χ2n) is 8.14. The highest BCUT2D eigenvalue weighted by Gasteiger charge is 2.24. The minimum absolute atomic E-state index is 0.00726. The molecule has 0 unspecified atom stereocenters.